The lowest BCUT2D eigenvalue weighted by Crippen LogP contribution is -2.39. The van der Waals surface area contributed by atoms with E-state index in [2.05, 4.69) is 10.3 Å². The van der Waals surface area contributed by atoms with Crippen molar-refractivity contribution >= 4 is 22.5 Å². The Morgan fingerprint density at radius 2 is 2.04 bits per heavy atom. The van der Waals surface area contributed by atoms with Gasteiger partial charge in [-0.1, -0.05) is 35.9 Å². The van der Waals surface area contributed by atoms with E-state index in [0.717, 1.165) is 16.5 Å². The lowest BCUT2D eigenvalue weighted by Gasteiger charge is -2.24. The van der Waals surface area contributed by atoms with Crippen LogP contribution < -0.4 is 10.1 Å². The maximum absolute atomic E-state index is 13.9. The summed E-state index contributed by atoms with van der Waals surface area (Å²) in [6, 6.07) is 12.5. The summed E-state index contributed by atoms with van der Waals surface area (Å²) in [6.07, 6.45) is 1.71. The van der Waals surface area contributed by atoms with Crippen molar-refractivity contribution in [1.82, 2.24) is 10.3 Å². The third-order valence-electron chi connectivity index (χ3n) is 4.43. The summed E-state index contributed by atoms with van der Waals surface area (Å²) in [5, 5.41) is 4.89. The van der Waals surface area contributed by atoms with Crippen molar-refractivity contribution in [2.75, 3.05) is 6.54 Å². The van der Waals surface area contributed by atoms with Crippen LogP contribution in [0.5, 0.6) is 5.75 Å². The van der Waals surface area contributed by atoms with Crippen LogP contribution in [0.25, 0.3) is 10.9 Å². The lowest BCUT2D eigenvalue weighted by atomic mass is 9.98. The molecular formula is C20H18ClFN2O. The van der Waals surface area contributed by atoms with Gasteiger partial charge in [0.15, 0.2) is 0 Å². The van der Waals surface area contributed by atoms with E-state index in [1.54, 1.807) is 12.3 Å². The molecule has 1 aromatic heterocycles. The Balaban J connectivity index is 1.87. The highest BCUT2D eigenvalue weighted by molar-refractivity contribution is 6.32. The van der Waals surface area contributed by atoms with Gasteiger partial charge in [0.05, 0.1) is 11.1 Å². The highest BCUT2D eigenvalue weighted by Crippen LogP contribution is 2.40. The molecule has 3 aromatic rings. The zero-order valence-electron chi connectivity index (χ0n) is 14.0. The van der Waals surface area contributed by atoms with Crippen molar-refractivity contribution < 1.29 is 9.13 Å². The van der Waals surface area contributed by atoms with Gasteiger partial charge >= 0.3 is 0 Å². The van der Waals surface area contributed by atoms with Crippen LogP contribution in [-0.2, 0) is 0 Å². The standard InChI is InChI=1S/C20H18ClFN2O/c1-20(2)11-24-17(14-6-4-7-15(21)19(14)25-20)13-9-12-5-3-8-16(22)18(12)23-10-13/h3-10,17,24H,11H2,1-2H3. The monoisotopic (exact) mass is 356 g/mol. The average molecular weight is 357 g/mol. The predicted molar refractivity (Wildman–Crippen MR) is 97.7 cm³/mol. The number of benzene rings is 2. The van der Waals surface area contributed by atoms with Gasteiger partial charge < -0.3 is 10.1 Å². The molecule has 1 atom stereocenters. The van der Waals surface area contributed by atoms with Crippen molar-refractivity contribution in [2.24, 2.45) is 0 Å². The fourth-order valence-electron chi connectivity index (χ4n) is 3.23. The minimum atomic E-state index is -0.398. The molecule has 2 aromatic carbocycles. The second-order valence-corrected chi connectivity index (χ2v) is 7.32. The third-order valence-corrected chi connectivity index (χ3v) is 4.73. The molecule has 1 aliphatic heterocycles. The van der Waals surface area contributed by atoms with E-state index in [-0.39, 0.29) is 11.9 Å². The molecule has 0 spiro atoms. The van der Waals surface area contributed by atoms with Gasteiger partial charge in [-0.25, -0.2) is 4.39 Å². The largest absolute Gasteiger partial charge is 0.485 e. The predicted octanol–water partition coefficient (Wildman–Crippen LogP) is 4.88. The fraction of sp³-hybridized carbons (Fsp3) is 0.250. The van der Waals surface area contributed by atoms with Crippen LogP contribution in [0.4, 0.5) is 4.39 Å². The van der Waals surface area contributed by atoms with Gasteiger partial charge in [-0.05, 0) is 37.6 Å². The van der Waals surface area contributed by atoms with Gasteiger partial charge in [-0.2, -0.15) is 0 Å². The molecule has 2 heterocycles. The highest BCUT2D eigenvalue weighted by atomic mass is 35.5. The maximum atomic E-state index is 13.9. The number of pyridine rings is 1. The molecule has 0 fully saturated rings. The minimum absolute atomic E-state index is 0.129. The molecule has 0 amide bonds. The number of ether oxygens (including phenoxy) is 1. The summed E-state index contributed by atoms with van der Waals surface area (Å²) >= 11 is 6.39. The minimum Gasteiger partial charge on any atom is -0.485 e. The van der Waals surface area contributed by atoms with E-state index in [1.807, 2.05) is 44.2 Å². The molecule has 1 aliphatic rings. The second-order valence-electron chi connectivity index (χ2n) is 6.91. The Morgan fingerprint density at radius 1 is 1.24 bits per heavy atom. The van der Waals surface area contributed by atoms with Crippen LogP contribution >= 0.6 is 11.6 Å². The number of hydrogen-bond acceptors (Lipinski definition) is 3. The SMILES string of the molecule is CC1(C)CNC(c2cnc3c(F)cccc3c2)c2cccc(Cl)c2O1. The average Bonchev–Trinajstić information content (AvgIpc) is 2.71. The molecule has 0 bridgehead atoms. The number of aromatic nitrogens is 1. The molecule has 3 nitrogen and oxygen atoms in total. The molecule has 0 radical (unpaired) electrons. The Hall–Kier alpha value is -2.17. The number of halogens is 2. The van der Waals surface area contributed by atoms with Crippen LogP contribution in [0.3, 0.4) is 0 Å². The Kier molecular flexibility index (Phi) is 3.89. The first-order valence-corrected chi connectivity index (χ1v) is 8.57. The number of nitrogens with zero attached hydrogens (tertiary/aromatic N) is 1. The summed E-state index contributed by atoms with van der Waals surface area (Å²) in [4.78, 5) is 4.33. The first-order valence-electron chi connectivity index (χ1n) is 8.20. The zero-order chi connectivity index (χ0) is 17.6. The molecule has 1 N–H and O–H groups in total. The smallest absolute Gasteiger partial charge is 0.149 e. The van der Waals surface area contributed by atoms with Crippen LogP contribution in [-0.4, -0.2) is 17.1 Å². The number of para-hydroxylation sites is 2. The number of hydrogen-bond donors (Lipinski definition) is 1. The molecule has 4 rings (SSSR count). The van der Waals surface area contributed by atoms with E-state index < -0.39 is 5.60 Å². The van der Waals surface area contributed by atoms with Gasteiger partial charge in [0.1, 0.15) is 22.7 Å². The van der Waals surface area contributed by atoms with E-state index in [0.29, 0.717) is 22.8 Å². The molecular weight excluding hydrogens is 339 g/mol. The topological polar surface area (TPSA) is 34.2 Å². The summed E-state index contributed by atoms with van der Waals surface area (Å²) in [5.41, 5.74) is 1.88. The molecule has 1 unspecified atom stereocenters. The van der Waals surface area contributed by atoms with Gasteiger partial charge in [0, 0.05) is 23.7 Å². The number of fused-ring (bicyclic) bond motifs is 2. The van der Waals surface area contributed by atoms with Crippen LogP contribution in [0.1, 0.15) is 31.0 Å². The summed E-state index contributed by atoms with van der Waals surface area (Å²) in [6.45, 7) is 4.68. The lowest BCUT2D eigenvalue weighted by molar-refractivity contribution is 0.114. The number of nitrogens with one attached hydrogen (secondary N) is 1. The highest BCUT2D eigenvalue weighted by Gasteiger charge is 2.31. The molecule has 128 valence electrons. The molecule has 0 saturated heterocycles. The zero-order valence-corrected chi connectivity index (χ0v) is 14.8. The first-order chi connectivity index (χ1) is 11.9. The van der Waals surface area contributed by atoms with E-state index >= 15 is 0 Å². The molecule has 5 heteroatoms. The van der Waals surface area contributed by atoms with Gasteiger partial charge in [-0.3, -0.25) is 4.98 Å². The van der Waals surface area contributed by atoms with Crippen LogP contribution in [0, 0.1) is 5.82 Å². The van der Waals surface area contributed by atoms with Gasteiger partial charge in [-0.15, -0.1) is 0 Å². The van der Waals surface area contributed by atoms with Crippen LogP contribution in [0.15, 0.2) is 48.7 Å². The Bertz CT molecular complexity index is 958. The maximum Gasteiger partial charge on any atom is 0.149 e. The van der Waals surface area contributed by atoms with Crippen molar-refractivity contribution in [3.63, 3.8) is 0 Å². The summed E-state index contributed by atoms with van der Waals surface area (Å²) < 4.78 is 20.1. The first kappa shape index (κ1) is 16.3. The molecule has 0 aliphatic carbocycles. The normalized spacial score (nSPS) is 19.1. The summed E-state index contributed by atoms with van der Waals surface area (Å²) in [5.74, 6) is 0.370. The number of rotatable bonds is 1. The molecule has 0 saturated carbocycles. The quantitative estimate of drug-likeness (QED) is 0.675. The van der Waals surface area contributed by atoms with Gasteiger partial charge in [0.2, 0.25) is 0 Å². The molecule has 25 heavy (non-hydrogen) atoms. The summed E-state index contributed by atoms with van der Waals surface area (Å²) in [7, 11) is 0. The van der Waals surface area contributed by atoms with Crippen molar-refractivity contribution in [3.05, 3.63) is 70.6 Å². The Labute approximate surface area is 150 Å². The third kappa shape index (κ3) is 2.96. The van der Waals surface area contributed by atoms with Gasteiger partial charge in [0.25, 0.3) is 0 Å². The Morgan fingerprint density at radius 3 is 2.88 bits per heavy atom. The van der Waals surface area contributed by atoms with E-state index in [1.165, 1.54) is 6.07 Å². The fourth-order valence-corrected chi connectivity index (χ4v) is 3.45. The second kappa shape index (κ2) is 5.97. The van der Waals surface area contributed by atoms with E-state index in [9.17, 15) is 4.39 Å². The van der Waals surface area contributed by atoms with Crippen molar-refractivity contribution in [1.29, 1.82) is 0 Å². The van der Waals surface area contributed by atoms with Crippen molar-refractivity contribution in [2.45, 2.75) is 25.5 Å². The van der Waals surface area contributed by atoms with Crippen molar-refractivity contribution in [3.8, 4) is 5.75 Å². The van der Waals surface area contributed by atoms with E-state index in [4.69, 9.17) is 16.3 Å². The van der Waals surface area contributed by atoms with Crippen LogP contribution in [0.2, 0.25) is 5.02 Å².